The third-order valence-corrected chi connectivity index (χ3v) is 4.32. The van der Waals surface area contributed by atoms with Gasteiger partial charge in [0.25, 0.3) is 0 Å². The average molecular weight is 371 g/mol. The van der Waals surface area contributed by atoms with Gasteiger partial charge in [-0.1, -0.05) is 13.0 Å². The van der Waals surface area contributed by atoms with Gasteiger partial charge in [0, 0.05) is 31.3 Å². The maximum Gasteiger partial charge on any atom is 0.213 e. The van der Waals surface area contributed by atoms with E-state index in [1.54, 1.807) is 0 Å². The Hall–Kier alpha value is -2.64. The van der Waals surface area contributed by atoms with Crippen molar-refractivity contribution in [2.75, 3.05) is 13.2 Å². The number of nitrogens with zero attached hydrogens (tertiary/aromatic N) is 5. The van der Waals surface area contributed by atoms with Gasteiger partial charge in [-0.05, 0) is 32.3 Å². The number of hydrogen-bond acceptors (Lipinski definition) is 5. The quantitative estimate of drug-likeness (QED) is 0.570. The Morgan fingerprint density at radius 1 is 1.37 bits per heavy atom. The predicted molar refractivity (Wildman–Crippen MR) is 105 cm³/mol. The van der Waals surface area contributed by atoms with Gasteiger partial charge < -0.3 is 15.4 Å². The number of nitrogens with one attached hydrogen (secondary N) is 2. The van der Waals surface area contributed by atoms with E-state index in [0.717, 1.165) is 55.5 Å². The van der Waals surface area contributed by atoms with Crippen LogP contribution in [0.15, 0.2) is 23.3 Å². The van der Waals surface area contributed by atoms with Crippen molar-refractivity contribution in [3.05, 3.63) is 35.5 Å². The van der Waals surface area contributed by atoms with Crippen LogP contribution in [0, 0.1) is 6.92 Å². The lowest BCUT2D eigenvalue weighted by Gasteiger charge is -2.25. The van der Waals surface area contributed by atoms with Crippen molar-refractivity contribution in [2.24, 2.45) is 4.99 Å². The first-order valence-corrected chi connectivity index (χ1v) is 9.70. The molecule has 0 amide bonds. The van der Waals surface area contributed by atoms with Crippen LogP contribution >= 0.6 is 0 Å². The molecule has 8 heteroatoms. The van der Waals surface area contributed by atoms with E-state index in [0.29, 0.717) is 25.1 Å². The molecule has 0 radical (unpaired) electrons. The third-order valence-electron chi connectivity index (χ3n) is 4.32. The molecule has 0 bridgehead atoms. The van der Waals surface area contributed by atoms with Gasteiger partial charge in [0.05, 0.1) is 19.7 Å². The average Bonchev–Trinajstić information content (AvgIpc) is 3.05. The Morgan fingerprint density at radius 2 is 2.26 bits per heavy atom. The summed E-state index contributed by atoms with van der Waals surface area (Å²) < 4.78 is 7.52. The Morgan fingerprint density at radius 3 is 3.00 bits per heavy atom. The second-order valence-electron chi connectivity index (χ2n) is 6.69. The van der Waals surface area contributed by atoms with Crippen LogP contribution in [-0.2, 0) is 19.5 Å². The summed E-state index contributed by atoms with van der Waals surface area (Å²) in [4.78, 5) is 13.5. The van der Waals surface area contributed by atoms with Crippen LogP contribution in [-0.4, -0.2) is 44.9 Å². The number of hydrogen-bond donors (Lipinski definition) is 2. The van der Waals surface area contributed by atoms with Crippen LogP contribution in [0.3, 0.4) is 0 Å². The zero-order chi connectivity index (χ0) is 19.1. The molecular formula is C19H29N7O. The molecule has 1 aliphatic heterocycles. The van der Waals surface area contributed by atoms with E-state index < -0.39 is 0 Å². The number of ether oxygens (including phenoxy) is 1. The molecule has 2 aromatic rings. The fraction of sp³-hybridized carbons (Fsp3) is 0.579. The molecule has 1 aliphatic rings. The number of rotatable bonds is 7. The van der Waals surface area contributed by atoms with E-state index in [9.17, 15) is 0 Å². The van der Waals surface area contributed by atoms with E-state index >= 15 is 0 Å². The molecular weight excluding hydrogens is 342 g/mol. The van der Waals surface area contributed by atoms with Gasteiger partial charge in [-0.15, -0.1) is 0 Å². The van der Waals surface area contributed by atoms with Gasteiger partial charge in [-0.3, -0.25) is 0 Å². The molecule has 146 valence electrons. The Labute approximate surface area is 160 Å². The molecule has 3 rings (SSSR count). The highest BCUT2D eigenvalue weighted by atomic mass is 16.5. The van der Waals surface area contributed by atoms with Crippen molar-refractivity contribution in [1.29, 1.82) is 0 Å². The first-order valence-electron chi connectivity index (χ1n) is 9.70. The van der Waals surface area contributed by atoms with Crippen LogP contribution in [0.25, 0.3) is 0 Å². The van der Waals surface area contributed by atoms with E-state index in [2.05, 4.69) is 39.5 Å². The molecule has 3 heterocycles. The minimum absolute atomic E-state index is 0.291. The first kappa shape index (κ1) is 19.1. The summed E-state index contributed by atoms with van der Waals surface area (Å²) >= 11 is 0. The van der Waals surface area contributed by atoms with Crippen LogP contribution in [0.5, 0.6) is 5.88 Å². The molecule has 2 N–H and O–H groups in total. The fourth-order valence-corrected chi connectivity index (χ4v) is 3.03. The number of guanidine groups is 1. The van der Waals surface area contributed by atoms with Crippen molar-refractivity contribution < 1.29 is 4.74 Å². The summed E-state index contributed by atoms with van der Waals surface area (Å²) in [5.74, 6) is 3.39. The number of aromatic nitrogens is 4. The first-order chi connectivity index (χ1) is 13.2. The lowest BCUT2D eigenvalue weighted by molar-refractivity contribution is 0.305. The summed E-state index contributed by atoms with van der Waals surface area (Å²) in [5.41, 5.74) is 1.05. The SMILES string of the molecule is CCCOc1ccc(CN=C(NCC)NC2CCc3nc(C)nn3C2)cn1. The molecule has 2 aromatic heterocycles. The van der Waals surface area contributed by atoms with E-state index in [1.165, 1.54) is 0 Å². The molecule has 27 heavy (non-hydrogen) atoms. The van der Waals surface area contributed by atoms with Gasteiger partial charge in [0.15, 0.2) is 5.96 Å². The number of aryl methyl sites for hydroxylation is 2. The second-order valence-corrected chi connectivity index (χ2v) is 6.69. The zero-order valence-corrected chi connectivity index (χ0v) is 16.4. The molecule has 0 aliphatic carbocycles. The second kappa shape index (κ2) is 9.34. The van der Waals surface area contributed by atoms with Crippen molar-refractivity contribution in [1.82, 2.24) is 30.4 Å². The maximum absolute atomic E-state index is 5.52. The Balaban J connectivity index is 1.58. The highest BCUT2D eigenvalue weighted by Crippen LogP contribution is 2.13. The Bertz CT molecular complexity index is 754. The summed E-state index contributed by atoms with van der Waals surface area (Å²) in [6.07, 6.45) is 4.75. The normalized spacial score (nSPS) is 16.7. The van der Waals surface area contributed by atoms with Crippen LogP contribution in [0.4, 0.5) is 0 Å². The minimum Gasteiger partial charge on any atom is -0.478 e. The largest absolute Gasteiger partial charge is 0.478 e. The minimum atomic E-state index is 0.291. The molecule has 1 atom stereocenters. The molecule has 0 saturated heterocycles. The van der Waals surface area contributed by atoms with Crippen molar-refractivity contribution in [2.45, 2.75) is 59.2 Å². The Kier molecular flexibility index (Phi) is 6.62. The van der Waals surface area contributed by atoms with Gasteiger partial charge >= 0.3 is 0 Å². The number of aliphatic imine (C=N–C) groups is 1. The van der Waals surface area contributed by atoms with Crippen molar-refractivity contribution in [3.8, 4) is 5.88 Å². The topological polar surface area (TPSA) is 89.3 Å². The van der Waals surface area contributed by atoms with Crippen LogP contribution in [0.1, 0.15) is 43.9 Å². The highest BCUT2D eigenvalue weighted by molar-refractivity contribution is 5.80. The fourth-order valence-electron chi connectivity index (χ4n) is 3.03. The van der Waals surface area contributed by atoms with E-state index in [4.69, 9.17) is 9.73 Å². The molecule has 8 nitrogen and oxygen atoms in total. The van der Waals surface area contributed by atoms with Gasteiger partial charge in [0.2, 0.25) is 5.88 Å². The van der Waals surface area contributed by atoms with Crippen LogP contribution in [0.2, 0.25) is 0 Å². The zero-order valence-electron chi connectivity index (χ0n) is 16.4. The smallest absolute Gasteiger partial charge is 0.213 e. The summed E-state index contributed by atoms with van der Waals surface area (Å²) in [5, 5.41) is 11.3. The lowest BCUT2D eigenvalue weighted by atomic mass is 10.1. The van der Waals surface area contributed by atoms with Crippen molar-refractivity contribution in [3.63, 3.8) is 0 Å². The highest BCUT2D eigenvalue weighted by Gasteiger charge is 2.21. The van der Waals surface area contributed by atoms with Gasteiger partial charge in [-0.25, -0.2) is 19.6 Å². The standard InChI is InChI=1S/C19H29N7O/c1-4-10-27-18-9-6-15(11-21-18)12-22-19(20-5-2)24-16-7-8-17-23-14(3)25-26(17)13-16/h6,9,11,16H,4-5,7-8,10,12-13H2,1-3H3,(H2,20,22,24). The number of fused-ring (bicyclic) bond motifs is 1. The third kappa shape index (κ3) is 5.42. The molecule has 1 unspecified atom stereocenters. The molecule has 0 spiro atoms. The molecule has 0 saturated carbocycles. The van der Waals surface area contributed by atoms with E-state index in [-0.39, 0.29) is 0 Å². The maximum atomic E-state index is 5.52. The summed E-state index contributed by atoms with van der Waals surface area (Å²) in [7, 11) is 0. The molecule has 0 fully saturated rings. The van der Waals surface area contributed by atoms with Gasteiger partial charge in [0.1, 0.15) is 11.6 Å². The summed E-state index contributed by atoms with van der Waals surface area (Å²) in [6, 6.07) is 4.20. The number of pyridine rings is 1. The lowest BCUT2D eigenvalue weighted by Crippen LogP contribution is -2.47. The van der Waals surface area contributed by atoms with Crippen LogP contribution < -0.4 is 15.4 Å². The summed E-state index contributed by atoms with van der Waals surface area (Å²) in [6.45, 7) is 8.96. The van der Waals surface area contributed by atoms with Crippen molar-refractivity contribution >= 4 is 5.96 Å². The molecule has 0 aromatic carbocycles. The monoisotopic (exact) mass is 371 g/mol. The predicted octanol–water partition coefficient (Wildman–Crippen LogP) is 1.84. The van der Waals surface area contributed by atoms with E-state index in [1.807, 2.05) is 29.9 Å². The van der Waals surface area contributed by atoms with Gasteiger partial charge in [-0.2, -0.15) is 5.10 Å².